The predicted octanol–water partition coefficient (Wildman–Crippen LogP) is -0.0825. The Morgan fingerprint density at radius 1 is 1.22 bits per heavy atom. The van der Waals surface area contributed by atoms with Gasteiger partial charge in [0.1, 0.15) is 6.04 Å². The topological polar surface area (TPSA) is 44.8 Å². The molecule has 1 N–H and O–H groups in total. The van der Waals surface area contributed by atoms with Crippen molar-refractivity contribution in [1.29, 1.82) is 0 Å². The van der Waals surface area contributed by atoms with Gasteiger partial charge in [-0.05, 0) is 20.8 Å². The second-order valence-corrected chi connectivity index (χ2v) is 6.06. The molecule has 5 heteroatoms. The molecular weight excluding hydrogens is 230 g/mol. The maximum Gasteiger partial charge on any atom is 0.242 e. The lowest BCUT2D eigenvalue weighted by molar-refractivity contribution is -0.138. The van der Waals surface area contributed by atoms with Crippen molar-refractivity contribution in [2.75, 3.05) is 45.9 Å². The van der Waals surface area contributed by atoms with Crippen LogP contribution in [-0.4, -0.2) is 73.2 Å². The molecule has 1 atom stereocenters. The summed E-state index contributed by atoms with van der Waals surface area (Å²) < 4.78 is 5.35. The van der Waals surface area contributed by atoms with Crippen LogP contribution in [0, 0.1) is 0 Å². The fourth-order valence-electron chi connectivity index (χ4n) is 2.54. The molecule has 0 spiro atoms. The Morgan fingerprint density at radius 3 is 2.39 bits per heavy atom. The summed E-state index contributed by atoms with van der Waals surface area (Å²) in [6, 6.07) is -0.139. The van der Waals surface area contributed by atoms with Gasteiger partial charge < -0.3 is 15.0 Å². The highest BCUT2D eigenvalue weighted by Crippen LogP contribution is 2.16. The van der Waals surface area contributed by atoms with Gasteiger partial charge in [0.2, 0.25) is 5.91 Å². The molecule has 0 aromatic carbocycles. The maximum absolute atomic E-state index is 12.3. The van der Waals surface area contributed by atoms with Crippen molar-refractivity contribution in [1.82, 2.24) is 15.1 Å². The average Bonchev–Trinajstić information content (AvgIpc) is 2.38. The lowest BCUT2D eigenvalue weighted by Gasteiger charge is -2.43. The third-order valence-corrected chi connectivity index (χ3v) is 3.76. The van der Waals surface area contributed by atoms with Gasteiger partial charge in [-0.25, -0.2) is 0 Å². The number of ether oxygens (including phenoxy) is 1. The normalized spacial score (nSPS) is 27.3. The summed E-state index contributed by atoms with van der Waals surface area (Å²) in [5.41, 5.74) is 0.196. The minimum atomic E-state index is -0.139. The van der Waals surface area contributed by atoms with Crippen LogP contribution in [0.1, 0.15) is 20.8 Å². The highest BCUT2D eigenvalue weighted by atomic mass is 16.5. The van der Waals surface area contributed by atoms with Gasteiger partial charge in [0, 0.05) is 38.3 Å². The molecule has 0 aromatic heterocycles. The van der Waals surface area contributed by atoms with Crippen LogP contribution < -0.4 is 5.32 Å². The van der Waals surface area contributed by atoms with Crippen molar-refractivity contribution >= 4 is 5.91 Å². The quantitative estimate of drug-likeness (QED) is 0.712. The van der Waals surface area contributed by atoms with E-state index in [0.29, 0.717) is 13.2 Å². The highest BCUT2D eigenvalue weighted by Gasteiger charge is 2.31. The van der Waals surface area contributed by atoms with Crippen LogP contribution in [0.2, 0.25) is 0 Å². The zero-order valence-electron chi connectivity index (χ0n) is 11.7. The van der Waals surface area contributed by atoms with Crippen LogP contribution >= 0.6 is 0 Å². The van der Waals surface area contributed by atoms with E-state index in [1.807, 2.05) is 4.90 Å². The molecule has 0 aromatic rings. The molecule has 2 aliphatic rings. The number of nitrogens with zero attached hydrogens (tertiary/aromatic N) is 2. The van der Waals surface area contributed by atoms with Crippen LogP contribution in [0.25, 0.3) is 0 Å². The van der Waals surface area contributed by atoms with Gasteiger partial charge in [0.15, 0.2) is 0 Å². The van der Waals surface area contributed by atoms with E-state index >= 15 is 0 Å². The van der Waals surface area contributed by atoms with E-state index < -0.39 is 0 Å². The van der Waals surface area contributed by atoms with Gasteiger partial charge in [-0.2, -0.15) is 0 Å². The van der Waals surface area contributed by atoms with Crippen molar-refractivity contribution in [2.24, 2.45) is 0 Å². The molecule has 2 rings (SSSR count). The van der Waals surface area contributed by atoms with Crippen molar-refractivity contribution in [3.05, 3.63) is 0 Å². The van der Waals surface area contributed by atoms with Crippen LogP contribution in [-0.2, 0) is 9.53 Å². The Balaban J connectivity index is 1.83. The van der Waals surface area contributed by atoms with E-state index in [9.17, 15) is 4.79 Å². The molecule has 0 radical (unpaired) electrons. The minimum absolute atomic E-state index is 0.139. The molecule has 2 saturated heterocycles. The van der Waals surface area contributed by atoms with E-state index in [-0.39, 0.29) is 17.5 Å². The van der Waals surface area contributed by atoms with Gasteiger partial charge in [-0.15, -0.1) is 0 Å². The first kappa shape index (κ1) is 13.8. The third-order valence-electron chi connectivity index (χ3n) is 3.76. The van der Waals surface area contributed by atoms with E-state index in [0.717, 1.165) is 32.7 Å². The summed E-state index contributed by atoms with van der Waals surface area (Å²) in [7, 11) is 0. The third kappa shape index (κ3) is 3.22. The van der Waals surface area contributed by atoms with Gasteiger partial charge in [0.25, 0.3) is 0 Å². The summed E-state index contributed by atoms with van der Waals surface area (Å²) in [5, 5.41) is 3.23. The summed E-state index contributed by atoms with van der Waals surface area (Å²) in [5.74, 6) is 0.197. The lowest BCUT2D eigenvalue weighted by Crippen LogP contribution is -2.59. The number of carbonyl (C=O) groups excluding carboxylic acids is 1. The van der Waals surface area contributed by atoms with E-state index in [2.05, 4.69) is 31.0 Å². The number of hydrogen-bond acceptors (Lipinski definition) is 4. The van der Waals surface area contributed by atoms with Crippen LogP contribution in [0.15, 0.2) is 0 Å². The van der Waals surface area contributed by atoms with Crippen LogP contribution in [0.4, 0.5) is 0 Å². The summed E-state index contributed by atoms with van der Waals surface area (Å²) in [4.78, 5) is 16.7. The van der Waals surface area contributed by atoms with Crippen molar-refractivity contribution in [3.8, 4) is 0 Å². The number of amides is 1. The number of rotatable bonds is 1. The molecule has 2 fully saturated rings. The molecule has 0 bridgehead atoms. The van der Waals surface area contributed by atoms with Crippen molar-refractivity contribution < 1.29 is 9.53 Å². The highest BCUT2D eigenvalue weighted by molar-refractivity contribution is 5.82. The average molecular weight is 255 g/mol. The van der Waals surface area contributed by atoms with Crippen LogP contribution in [0.5, 0.6) is 0 Å². The molecule has 2 heterocycles. The number of morpholine rings is 1. The Kier molecular flexibility index (Phi) is 4.25. The summed E-state index contributed by atoms with van der Waals surface area (Å²) in [6.45, 7) is 12.2. The van der Waals surface area contributed by atoms with Gasteiger partial charge in [0.05, 0.1) is 13.2 Å². The Bertz CT molecular complexity index is 287. The minimum Gasteiger partial charge on any atom is -0.378 e. The number of piperazine rings is 1. The monoisotopic (exact) mass is 255 g/mol. The maximum atomic E-state index is 12.3. The lowest BCUT2D eigenvalue weighted by atomic mass is 10.0. The second-order valence-electron chi connectivity index (χ2n) is 6.06. The van der Waals surface area contributed by atoms with Gasteiger partial charge in [-0.1, -0.05) is 0 Å². The molecule has 2 aliphatic heterocycles. The van der Waals surface area contributed by atoms with Crippen LogP contribution in [0.3, 0.4) is 0 Å². The van der Waals surface area contributed by atoms with E-state index in [1.54, 1.807) is 0 Å². The van der Waals surface area contributed by atoms with Crippen molar-refractivity contribution in [2.45, 2.75) is 32.4 Å². The SMILES string of the molecule is CC(C)(C)N1CCN(C(=O)C2COCCN2)CC1. The molecule has 0 saturated carbocycles. The molecule has 5 nitrogen and oxygen atoms in total. The molecule has 1 amide bonds. The number of carbonyl (C=O) groups is 1. The smallest absolute Gasteiger partial charge is 0.242 e. The number of nitrogens with one attached hydrogen (secondary N) is 1. The van der Waals surface area contributed by atoms with E-state index in [4.69, 9.17) is 4.74 Å². The molecule has 18 heavy (non-hydrogen) atoms. The largest absolute Gasteiger partial charge is 0.378 e. The predicted molar refractivity (Wildman–Crippen MR) is 70.5 cm³/mol. The van der Waals surface area contributed by atoms with Gasteiger partial charge in [-0.3, -0.25) is 9.69 Å². The Hall–Kier alpha value is -0.650. The van der Waals surface area contributed by atoms with E-state index in [1.165, 1.54) is 0 Å². The zero-order chi connectivity index (χ0) is 13.2. The summed E-state index contributed by atoms with van der Waals surface area (Å²) in [6.07, 6.45) is 0. The Morgan fingerprint density at radius 2 is 1.89 bits per heavy atom. The molecular formula is C13H25N3O2. The fourth-order valence-corrected chi connectivity index (χ4v) is 2.54. The molecule has 104 valence electrons. The first-order chi connectivity index (χ1) is 8.48. The molecule has 1 unspecified atom stereocenters. The Labute approximate surface area is 109 Å². The standard InChI is InChI=1S/C13H25N3O2/c1-13(2,3)16-7-5-15(6-8-16)12(17)11-10-18-9-4-14-11/h11,14H,4-10H2,1-3H3. The van der Waals surface area contributed by atoms with Crippen molar-refractivity contribution in [3.63, 3.8) is 0 Å². The van der Waals surface area contributed by atoms with Gasteiger partial charge >= 0.3 is 0 Å². The number of hydrogen-bond donors (Lipinski definition) is 1. The first-order valence-corrected chi connectivity index (χ1v) is 6.83. The second kappa shape index (κ2) is 5.55. The first-order valence-electron chi connectivity index (χ1n) is 6.83. The zero-order valence-corrected chi connectivity index (χ0v) is 11.7. The summed E-state index contributed by atoms with van der Waals surface area (Å²) >= 11 is 0. The molecule has 0 aliphatic carbocycles. The fraction of sp³-hybridized carbons (Fsp3) is 0.923.